The van der Waals surface area contributed by atoms with Gasteiger partial charge in [0.15, 0.2) is 0 Å². The van der Waals surface area contributed by atoms with Crippen LogP contribution in [0.5, 0.6) is 0 Å². The van der Waals surface area contributed by atoms with Crippen molar-refractivity contribution in [3.63, 3.8) is 0 Å². The van der Waals surface area contributed by atoms with Gasteiger partial charge >= 0.3 is 0 Å². The van der Waals surface area contributed by atoms with Gasteiger partial charge in [0, 0.05) is 19.2 Å². The van der Waals surface area contributed by atoms with Crippen LogP contribution in [-0.2, 0) is 4.74 Å². The van der Waals surface area contributed by atoms with Crippen LogP contribution < -0.4 is 5.32 Å². The molecule has 1 aliphatic carbocycles. The summed E-state index contributed by atoms with van der Waals surface area (Å²) in [6.07, 6.45) is 7.02. The van der Waals surface area contributed by atoms with E-state index in [-0.39, 0.29) is 0 Å². The Kier molecular flexibility index (Phi) is 2.66. The standard InChI is InChI=1S/C10H19NO/c1-12-7-9-6-5-8-3-2-4-10(8)11-9/h8-11H,2-7H2,1H3. The third-order valence-electron chi connectivity index (χ3n) is 3.36. The first-order chi connectivity index (χ1) is 5.90. The molecule has 3 atom stereocenters. The van der Waals surface area contributed by atoms with Gasteiger partial charge in [-0.15, -0.1) is 0 Å². The first kappa shape index (κ1) is 8.52. The Bertz CT molecular complexity index is 149. The quantitative estimate of drug-likeness (QED) is 0.677. The minimum Gasteiger partial charge on any atom is -0.383 e. The van der Waals surface area contributed by atoms with Crippen LogP contribution in [0.15, 0.2) is 0 Å². The van der Waals surface area contributed by atoms with Crippen LogP contribution in [-0.4, -0.2) is 25.8 Å². The second-order valence-electron chi connectivity index (χ2n) is 4.19. The van der Waals surface area contributed by atoms with Crippen molar-refractivity contribution in [1.29, 1.82) is 0 Å². The van der Waals surface area contributed by atoms with E-state index in [0.29, 0.717) is 6.04 Å². The van der Waals surface area contributed by atoms with E-state index in [9.17, 15) is 0 Å². The molecule has 1 saturated heterocycles. The summed E-state index contributed by atoms with van der Waals surface area (Å²) in [6, 6.07) is 1.45. The molecule has 1 heterocycles. The molecule has 12 heavy (non-hydrogen) atoms. The number of fused-ring (bicyclic) bond motifs is 1. The smallest absolute Gasteiger partial charge is 0.0615 e. The van der Waals surface area contributed by atoms with Gasteiger partial charge in [0.25, 0.3) is 0 Å². The van der Waals surface area contributed by atoms with Gasteiger partial charge in [-0.25, -0.2) is 0 Å². The molecule has 2 nitrogen and oxygen atoms in total. The number of rotatable bonds is 2. The normalized spacial score (nSPS) is 41.2. The van der Waals surface area contributed by atoms with E-state index in [2.05, 4.69) is 5.32 Å². The largest absolute Gasteiger partial charge is 0.383 e. The molecule has 0 aromatic rings. The summed E-state index contributed by atoms with van der Waals surface area (Å²) in [4.78, 5) is 0. The first-order valence-corrected chi connectivity index (χ1v) is 5.15. The molecular formula is C10H19NO. The van der Waals surface area contributed by atoms with Gasteiger partial charge in [-0.3, -0.25) is 0 Å². The lowest BCUT2D eigenvalue weighted by molar-refractivity contribution is 0.130. The maximum Gasteiger partial charge on any atom is 0.0615 e. The van der Waals surface area contributed by atoms with Crippen molar-refractivity contribution >= 4 is 0 Å². The Labute approximate surface area is 74.7 Å². The Morgan fingerprint density at radius 2 is 2.17 bits per heavy atom. The third kappa shape index (κ3) is 1.64. The van der Waals surface area contributed by atoms with E-state index in [1.165, 1.54) is 32.1 Å². The Hall–Kier alpha value is -0.0800. The van der Waals surface area contributed by atoms with Crippen molar-refractivity contribution in [3.8, 4) is 0 Å². The van der Waals surface area contributed by atoms with Crippen molar-refractivity contribution in [2.24, 2.45) is 5.92 Å². The molecule has 0 aromatic heterocycles. The fourth-order valence-corrected chi connectivity index (χ4v) is 2.74. The van der Waals surface area contributed by atoms with E-state index in [1.807, 2.05) is 0 Å². The Balaban J connectivity index is 1.84. The number of hydrogen-bond donors (Lipinski definition) is 1. The van der Waals surface area contributed by atoms with Gasteiger partial charge in [0.1, 0.15) is 0 Å². The van der Waals surface area contributed by atoms with Crippen LogP contribution in [0.3, 0.4) is 0 Å². The average molecular weight is 169 g/mol. The summed E-state index contributed by atoms with van der Waals surface area (Å²) < 4.78 is 5.17. The van der Waals surface area contributed by atoms with Crippen LogP contribution in [0, 0.1) is 5.92 Å². The van der Waals surface area contributed by atoms with E-state index in [0.717, 1.165) is 18.6 Å². The highest BCUT2D eigenvalue weighted by molar-refractivity contribution is 4.90. The molecule has 0 amide bonds. The Morgan fingerprint density at radius 1 is 1.25 bits per heavy atom. The second kappa shape index (κ2) is 3.75. The minimum absolute atomic E-state index is 0.634. The molecule has 0 radical (unpaired) electrons. The molecule has 0 spiro atoms. The number of methoxy groups -OCH3 is 1. The van der Waals surface area contributed by atoms with Gasteiger partial charge in [-0.05, 0) is 31.6 Å². The Morgan fingerprint density at radius 3 is 3.00 bits per heavy atom. The highest BCUT2D eigenvalue weighted by Gasteiger charge is 2.32. The fraction of sp³-hybridized carbons (Fsp3) is 1.00. The molecule has 0 bridgehead atoms. The van der Waals surface area contributed by atoms with Gasteiger partial charge < -0.3 is 10.1 Å². The van der Waals surface area contributed by atoms with E-state index >= 15 is 0 Å². The van der Waals surface area contributed by atoms with Crippen LogP contribution in [0.2, 0.25) is 0 Å². The molecule has 2 heteroatoms. The molecule has 2 fully saturated rings. The lowest BCUT2D eigenvalue weighted by atomic mass is 9.90. The number of hydrogen-bond acceptors (Lipinski definition) is 2. The van der Waals surface area contributed by atoms with Crippen molar-refractivity contribution < 1.29 is 4.74 Å². The maximum absolute atomic E-state index is 5.17. The molecule has 1 aliphatic heterocycles. The summed E-state index contributed by atoms with van der Waals surface area (Å²) >= 11 is 0. The lowest BCUT2D eigenvalue weighted by Crippen LogP contribution is -2.47. The monoisotopic (exact) mass is 169 g/mol. The van der Waals surface area contributed by atoms with Crippen LogP contribution in [0.4, 0.5) is 0 Å². The predicted octanol–water partition coefficient (Wildman–Crippen LogP) is 1.55. The predicted molar refractivity (Wildman–Crippen MR) is 49.2 cm³/mol. The molecule has 70 valence electrons. The molecule has 1 saturated carbocycles. The lowest BCUT2D eigenvalue weighted by Gasteiger charge is -2.33. The van der Waals surface area contributed by atoms with Gasteiger partial charge in [-0.2, -0.15) is 0 Å². The number of nitrogens with one attached hydrogen (secondary N) is 1. The molecule has 2 rings (SSSR count). The van der Waals surface area contributed by atoms with E-state index < -0.39 is 0 Å². The highest BCUT2D eigenvalue weighted by atomic mass is 16.5. The van der Waals surface area contributed by atoms with E-state index in [4.69, 9.17) is 4.74 Å². The summed E-state index contributed by atoms with van der Waals surface area (Å²) in [5, 5.41) is 3.69. The van der Waals surface area contributed by atoms with Crippen LogP contribution in [0.1, 0.15) is 32.1 Å². The zero-order valence-electron chi connectivity index (χ0n) is 7.88. The van der Waals surface area contributed by atoms with E-state index in [1.54, 1.807) is 7.11 Å². The van der Waals surface area contributed by atoms with Crippen molar-refractivity contribution in [1.82, 2.24) is 5.32 Å². The molecule has 1 N–H and O–H groups in total. The van der Waals surface area contributed by atoms with Gasteiger partial charge in [0.2, 0.25) is 0 Å². The van der Waals surface area contributed by atoms with Gasteiger partial charge in [-0.1, -0.05) is 6.42 Å². The SMILES string of the molecule is COCC1CCC2CCCC2N1. The highest BCUT2D eigenvalue weighted by Crippen LogP contribution is 2.33. The summed E-state index contributed by atoms with van der Waals surface area (Å²) in [7, 11) is 1.79. The summed E-state index contributed by atoms with van der Waals surface area (Å²) in [5.41, 5.74) is 0. The van der Waals surface area contributed by atoms with Crippen LogP contribution in [0.25, 0.3) is 0 Å². The van der Waals surface area contributed by atoms with Crippen molar-refractivity contribution in [3.05, 3.63) is 0 Å². The molecule has 3 unspecified atom stereocenters. The summed E-state index contributed by atoms with van der Waals surface area (Å²) in [5.74, 6) is 0.984. The van der Waals surface area contributed by atoms with Gasteiger partial charge in [0.05, 0.1) is 6.61 Å². The topological polar surface area (TPSA) is 21.3 Å². The van der Waals surface area contributed by atoms with Crippen LogP contribution >= 0.6 is 0 Å². The summed E-state index contributed by atoms with van der Waals surface area (Å²) in [6.45, 7) is 0.892. The average Bonchev–Trinajstić information content (AvgIpc) is 2.51. The number of piperidine rings is 1. The minimum atomic E-state index is 0.634. The van der Waals surface area contributed by atoms with Crippen molar-refractivity contribution in [2.45, 2.75) is 44.2 Å². The zero-order valence-corrected chi connectivity index (χ0v) is 7.88. The first-order valence-electron chi connectivity index (χ1n) is 5.15. The molecule has 0 aromatic carbocycles. The number of ether oxygens (including phenoxy) is 1. The molecular weight excluding hydrogens is 150 g/mol. The second-order valence-corrected chi connectivity index (χ2v) is 4.19. The zero-order chi connectivity index (χ0) is 8.39. The maximum atomic E-state index is 5.17. The fourth-order valence-electron chi connectivity index (χ4n) is 2.74. The third-order valence-corrected chi connectivity index (χ3v) is 3.36. The van der Waals surface area contributed by atoms with Crippen molar-refractivity contribution in [2.75, 3.05) is 13.7 Å². The molecule has 2 aliphatic rings.